The highest BCUT2D eigenvalue weighted by atomic mass is 16.5. The molecule has 0 heterocycles. The summed E-state index contributed by atoms with van der Waals surface area (Å²) >= 11 is 0. The molecule has 94 valence electrons. The van der Waals surface area contributed by atoms with E-state index in [9.17, 15) is 5.11 Å². The molecule has 17 heavy (non-hydrogen) atoms. The topological polar surface area (TPSA) is 55.5 Å². The second-order valence-electron chi connectivity index (χ2n) is 5.18. The first-order valence-corrected chi connectivity index (χ1v) is 6.06. The molecule has 1 aromatic rings. The molecule has 0 aromatic heterocycles. The van der Waals surface area contributed by atoms with Crippen LogP contribution in [0.1, 0.15) is 29.5 Å². The number of aliphatic hydroxyl groups is 1. The van der Waals surface area contributed by atoms with Crippen molar-refractivity contribution in [1.29, 1.82) is 0 Å². The zero-order valence-electron chi connectivity index (χ0n) is 10.8. The molecule has 0 atom stereocenters. The lowest BCUT2D eigenvalue weighted by molar-refractivity contribution is 0.0210. The van der Waals surface area contributed by atoms with Crippen molar-refractivity contribution in [2.45, 2.75) is 38.2 Å². The maximum Gasteiger partial charge on any atom is 0.122 e. The van der Waals surface area contributed by atoms with E-state index in [0.29, 0.717) is 6.54 Å². The fourth-order valence-corrected chi connectivity index (χ4v) is 2.71. The van der Waals surface area contributed by atoms with Gasteiger partial charge in [-0.1, -0.05) is 6.07 Å². The predicted molar refractivity (Wildman–Crippen MR) is 68.4 cm³/mol. The molecule has 0 unspecified atom stereocenters. The Morgan fingerprint density at radius 3 is 2.41 bits per heavy atom. The molecule has 1 fully saturated rings. The fraction of sp³-hybridized carbons (Fsp3) is 0.571. The van der Waals surface area contributed by atoms with Gasteiger partial charge in [-0.15, -0.1) is 0 Å². The van der Waals surface area contributed by atoms with Crippen molar-refractivity contribution in [3.63, 3.8) is 0 Å². The number of methoxy groups -OCH3 is 1. The number of nitrogens with two attached hydrogens (primary N) is 1. The molecule has 0 saturated heterocycles. The Morgan fingerprint density at radius 2 is 1.94 bits per heavy atom. The van der Waals surface area contributed by atoms with Crippen LogP contribution in [0, 0.1) is 13.8 Å². The van der Waals surface area contributed by atoms with Crippen molar-refractivity contribution in [1.82, 2.24) is 0 Å². The van der Waals surface area contributed by atoms with E-state index in [0.717, 1.165) is 24.2 Å². The average Bonchev–Trinajstić information content (AvgIpc) is 2.27. The Morgan fingerprint density at radius 1 is 1.35 bits per heavy atom. The summed E-state index contributed by atoms with van der Waals surface area (Å²) in [5, 5.41) is 9.57. The first kappa shape index (κ1) is 12.4. The number of hydrogen-bond donors (Lipinski definition) is 2. The van der Waals surface area contributed by atoms with E-state index < -0.39 is 0 Å². The summed E-state index contributed by atoms with van der Waals surface area (Å²) in [6.07, 6.45) is 1.26. The van der Waals surface area contributed by atoms with Crippen molar-refractivity contribution >= 4 is 0 Å². The number of ether oxygens (including phenoxy) is 1. The molecule has 1 aliphatic carbocycles. The number of rotatable bonds is 3. The predicted octanol–water partition coefficient (Wildman–Crippen LogP) is 1.66. The SMILES string of the molecule is COc1cc(C)c(C)cc1C1(CN)CC(O)C1. The van der Waals surface area contributed by atoms with Crippen LogP contribution in [0.25, 0.3) is 0 Å². The smallest absolute Gasteiger partial charge is 0.122 e. The molecule has 1 aromatic carbocycles. The maximum absolute atomic E-state index is 9.57. The summed E-state index contributed by atoms with van der Waals surface area (Å²) in [6, 6.07) is 4.22. The summed E-state index contributed by atoms with van der Waals surface area (Å²) in [7, 11) is 1.69. The van der Waals surface area contributed by atoms with Gasteiger partial charge in [0.2, 0.25) is 0 Å². The summed E-state index contributed by atoms with van der Waals surface area (Å²) in [5.74, 6) is 0.894. The van der Waals surface area contributed by atoms with Gasteiger partial charge < -0.3 is 15.6 Å². The molecule has 3 heteroatoms. The Bertz CT molecular complexity index is 422. The third kappa shape index (κ3) is 1.94. The van der Waals surface area contributed by atoms with Crippen LogP contribution in [0.2, 0.25) is 0 Å². The summed E-state index contributed by atoms with van der Waals surface area (Å²) in [6.45, 7) is 4.73. The molecule has 3 nitrogen and oxygen atoms in total. The molecule has 1 aliphatic rings. The van der Waals surface area contributed by atoms with E-state index in [-0.39, 0.29) is 11.5 Å². The summed E-state index contributed by atoms with van der Waals surface area (Å²) in [5.41, 5.74) is 9.43. The standard InChI is InChI=1S/C14H21NO2/c1-9-4-12(13(17-3)5-10(9)2)14(8-15)6-11(16)7-14/h4-5,11,16H,6-8,15H2,1-3H3. The minimum absolute atomic E-state index is 0.0940. The van der Waals surface area contributed by atoms with E-state index in [1.54, 1.807) is 7.11 Å². The molecule has 1 saturated carbocycles. The van der Waals surface area contributed by atoms with Crippen LogP contribution in [-0.4, -0.2) is 24.9 Å². The number of hydrogen-bond acceptors (Lipinski definition) is 3. The van der Waals surface area contributed by atoms with Crippen molar-refractivity contribution < 1.29 is 9.84 Å². The normalized spacial score (nSPS) is 27.7. The molecule has 2 rings (SSSR count). The molecule has 0 aliphatic heterocycles. The van der Waals surface area contributed by atoms with Crippen molar-refractivity contribution in [2.24, 2.45) is 5.73 Å². The Kier molecular flexibility index (Phi) is 3.15. The van der Waals surface area contributed by atoms with Gasteiger partial charge >= 0.3 is 0 Å². The number of aliphatic hydroxyl groups excluding tert-OH is 1. The Labute approximate surface area is 103 Å². The minimum Gasteiger partial charge on any atom is -0.496 e. The largest absolute Gasteiger partial charge is 0.496 e. The molecule has 0 bridgehead atoms. The average molecular weight is 235 g/mol. The van der Waals surface area contributed by atoms with Gasteiger partial charge in [-0.05, 0) is 43.9 Å². The summed E-state index contributed by atoms with van der Waals surface area (Å²) < 4.78 is 5.46. The molecule has 0 spiro atoms. The zero-order chi connectivity index (χ0) is 12.6. The maximum atomic E-state index is 9.57. The van der Waals surface area contributed by atoms with E-state index in [4.69, 9.17) is 10.5 Å². The minimum atomic E-state index is -0.218. The quantitative estimate of drug-likeness (QED) is 0.837. The summed E-state index contributed by atoms with van der Waals surface area (Å²) in [4.78, 5) is 0. The molecular weight excluding hydrogens is 214 g/mol. The molecule has 0 amide bonds. The lowest BCUT2D eigenvalue weighted by Crippen LogP contribution is -2.50. The highest BCUT2D eigenvalue weighted by Crippen LogP contribution is 2.47. The highest BCUT2D eigenvalue weighted by Gasteiger charge is 2.45. The number of aryl methyl sites for hydroxylation is 2. The van der Waals surface area contributed by atoms with E-state index in [1.165, 1.54) is 11.1 Å². The van der Waals surface area contributed by atoms with Crippen LogP contribution in [-0.2, 0) is 5.41 Å². The molecule has 3 N–H and O–H groups in total. The van der Waals surface area contributed by atoms with Crippen LogP contribution in [0.15, 0.2) is 12.1 Å². The molecular formula is C14H21NO2. The fourth-order valence-electron chi connectivity index (χ4n) is 2.71. The van der Waals surface area contributed by atoms with Gasteiger partial charge in [-0.25, -0.2) is 0 Å². The van der Waals surface area contributed by atoms with Crippen LogP contribution in [0.4, 0.5) is 0 Å². The first-order chi connectivity index (χ1) is 8.02. The highest BCUT2D eigenvalue weighted by molar-refractivity contribution is 5.47. The van der Waals surface area contributed by atoms with Crippen LogP contribution >= 0.6 is 0 Å². The Hall–Kier alpha value is -1.06. The Balaban J connectivity index is 2.47. The van der Waals surface area contributed by atoms with Crippen molar-refractivity contribution in [2.75, 3.05) is 13.7 Å². The number of benzene rings is 1. The van der Waals surface area contributed by atoms with Gasteiger partial charge in [0, 0.05) is 17.5 Å². The van der Waals surface area contributed by atoms with Gasteiger partial charge in [-0.3, -0.25) is 0 Å². The monoisotopic (exact) mass is 235 g/mol. The third-order valence-corrected chi connectivity index (χ3v) is 4.03. The van der Waals surface area contributed by atoms with Crippen LogP contribution in [0.5, 0.6) is 5.75 Å². The third-order valence-electron chi connectivity index (χ3n) is 4.03. The van der Waals surface area contributed by atoms with E-state index in [1.807, 2.05) is 0 Å². The van der Waals surface area contributed by atoms with E-state index >= 15 is 0 Å². The van der Waals surface area contributed by atoms with Gasteiger partial charge in [0.15, 0.2) is 0 Å². The second-order valence-corrected chi connectivity index (χ2v) is 5.18. The lowest BCUT2D eigenvalue weighted by atomic mass is 9.62. The van der Waals surface area contributed by atoms with Crippen molar-refractivity contribution in [3.8, 4) is 5.75 Å². The zero-order valence-corrected chi connectivity index (χ0v) is 10.8. The van der Waals surface area contributed by atoms with Crippen LogP contribution < -0.4 is 10.5 Å². The van der Waals surface area contributed by atoms with Gasteiger partial charge in [0.1, 0.15) is 5.75 Å². The second kappa shape index (κ2) is 4.31. The molecule has 0 radical (unpaired) electrons. The van der Waals surface area contributed by atoms with E-state index in [2.05, 4.69) is 26.0 Å². The van der Waals surface area contributed by atoms with Gasteiger partial charge in [-0.2, -0.15) is 0 Å². The van der Waals surface area contributed by atoms with Gasteiger partial charge in [0.05, 0.1) is 13.2 Å². The lowest BCUT2D eigenvalue weighted by Gasteiger charge is -2.45. The van der Waals surface area contributed by atoms with Crippen molar-refractivity contribution in [3.05, 3.63) is 28.8 Å². The van der Waals surface area contributed by atoms with Crippen LogP contribution in [0.3, 0.4) is 0 Å². The first-order valence-electron chi connectivity index (χ1n) is 6.06. The van der Waals surface area contributed by atoms with Gasteiger partial charge in [0.25, 0.3) is 0 Å².